The van der Waals surface area contributed by atoms with Gasteiger partial charge in [0, 0.05) is 19.3 Å². The van der Waals surface area contributed by atoms with E-state index in [1.165, 1.54) is 0 Å². The molecule has 1 atom stereocenters. The Morgan fingerprint density at radius 2 is 0.567 bits per heavy atom. The number of carbonyl (C=O) groups is 3. The summed E-state index contributed by atoms with van der Waals surface area (Å²) in [6.45, 7) is 6.10. The minimum atomic E-state index is -0.864. The third-order valence-corrected chi connectivity index (χ3v) is 9.72. The lowest BCUT2D eigenvalue weighted by Gasteiger charge is -2.18. The molecular weight excluding hydrogens is 829 g/mol. The molecule has 0 aromatic carbocycles. The maximum absolute atomic E-state index is 12.7. The molecule has 0 saturated heterocycles. The van der Waals surface area contributed by atoms with Crippen molar-refractivity contribution in [2.24, 2.45) is 0 Å². The second-order valence-corrected chi connectivity index (χ2v) is 15.9. The zero-order chi connectivity index (χ0) is 48.6. The van der Waals surface area contributed by atoms with E-state index in [0.717, 1.165) is 122 Å². The predicted octanol–water partition coefficient (Wildman–Crippen LogP) is 17.2. The summed E-state index contributed by atoms with van der Waals surface area (Å²) in [4.78, 5) is 37.9. The number of rotatable bonds is 43. The van der Waals surface area contributed by atoms with Crippen molar-refractivity contribution in [2.45, 2.75) is 181 Å². The van der Waals surface area contributed by atoms with Crippen molar-refractivity contribution in [2.75, 3.05) is 13.2 Å². The summed E-state index contributed by atoms with van der Waals surface area (Å²) in [7, 11) is 0. The van der Waals surface area contributed by atoms with E-state index >= 15 is 0 Å². The Hall–Kier alpha value is -5.23. The van der Waals surface area contributed by atoms with Gasteiger partial charge in [-0.3, -0.25) is 14.4 Å². The summed E-state index contributed by atoms with van der Waals surface area (Å²) in [5.74, 6) is -1.16. The topological polar surface area (TPSA) is 78.9 Å². The smallest absolute Gasteiger partial charge is 0.306 e. The number of esters is 3. The zero-order valence-corrected chi connectivity index (χ0v) is 42.1. The first-order chi connectivity index (χ1) is 33.0. The van der Waals surface area contributed by atoms with E-state index in [2.05, 4.69) is 167 Å². The third kappa shape index (κ3) is 51.6. The van der Waals surface area contributed by atoms with Crippen LogP contribution in [0.2, 0.25) is 0 Å². The van der Waals surface area contributed by atoms with E-state index in [9.17, 15) is 14.4 Å². The van der Waals surface area contributed by atoms with Gasteiger partial charge in [-0.1, -0.05) is 204 Å². The van der Waals surface area contributed by atoms with Crippen LogP contribution >= 0.6 is 0 Å². The quantitative estimate of drug-likeness (QED) is 0.0262. The molecule has 1 unspecified atom stereocenters. The summed E-state index contributed by atoms with van der Waals surface area (Å²) >= 11 is 0. The monoisotopic (exact) mass is 919 g/mol. The Kier molecular flexibility index (Phi) is 49.2. The number of unbranched alkanes of at least 4 members (excludes halogenated alkanes) is 4. The minimum Gasteiger partial charge on any atom is -0.462 e. The van der Waals surface area contributed by atoms with Gasteiger partial charge in [0.25, 0.3) is 0 Å². The Balaban J connectivity index is 4.57. The fourth-order valence-corrected chi connectivity index (χ4v) is 6.00. The molecule has 0 amide bonds. The highest BCUT2D eigenvalue weighted by atomic mass is 16.6. The molecule has 6 heteroatoms. The molecule has 370 valence electrons. The van der Waals surface area contributed by atoms with E-state index in [1.807, 2.05) is 24.3 Å². The average molecular weight is 919 g/mol. The molecule has 67 heavy (non-hydrogen) atoms. The van der Waals surface area contributed by atoms with Gasteiger partial charge in [-0.25, -0.2) is 0 Å². The molecule has 0 N–H and O–H groups in total. The minimum absolute atomic E-state index is 0.151. The Morgan fingerprint density at radius 3 is 0.910 bits per heavy atom. The first-order valence-corrected chi connectivity index (χ1v) is 25.6. The summed E-state index contributed by atoms with van der Waals surface area (Å²) in [6.07, 6.45) is 79.4. The van der Waals surface area contributed by atoms with Crippen molar-refractivity contribution in [3.05, 3.63) is 170 Å². The zero-order valence-electron chi connectivity index (χ0n) is 42.1. The maximum Gasteiger partial charge on any atom is 0.306 e. The van der Waals surface area contributed by atoms with Crippen LogP contribution in [-0.4, -0.2) is 37.2 Å². The second-order valence-electron chi connectivity index (χ2n) is 15.9. The van der Waals surface area contributed by atoms with Gasteiger partial charge in [0.2, 0.25) is 0 Å². The van der Waals surface area contributed by atoms with Crippen molar-refractivity contribution in [1.82, 2.24) is 0 Å². The van der Waals surface area contributed by atoms with Gasteiger partial charge in [-0.05, 0) is 122 Å². The molecule has 0 aromatic rings. The van der Waals surface area contributed by atoms with Crippen molar-refractivity contribution < 1.29 is 28.6 Å². The molecule has 0 aliphatic rings. The fourth-order valence-electron chi connectivity index (χ4n) is 6.00. The van der Waals surface area contributed by atoms with Crippen molar-refractivity contribution in [3.63, 3.8) is 0 Å². The lowest BCUT2D eigenvalue weighted by molar-refractivity contribution is -0.166. The van der Waals surface area contributed by atoms with E-state index in [1.54, 1.807) is 0 Å². The van der Waals surface area contributed by atoms with Gasteiger partial charge >= 0.3 is 17.9 Å². The van der Waals surface area contributed by atoms with E-state index in [-0.39, 0.29) is 32.0 Å². The van der Waals surface area contributed by atoms with Crippen molar-refractivity contribution >= 4 is 17.9 Å². The molecule has 0 aliphatic carbocycles. The highest BCUT2D eigenvalue weighted by molar-refractivity contribution is 5.71. The number of hydrogen-bond acceptors (Lipinski definition) is 6. The lowest BCUT2D eigenvalue weighted by atomic mass is 10.1. The second kappa shape index (κ2) is 53.4. The van der Waals surface area contributed by atoms with Gasteiger partial charge in [-0.2, -0.15) is 0 Å². The Bertz CT molecular complexity index is 1620. The molecule has 0 radical (unpaired) electrons. The molecule has 0 bridgehead atoms. The summed E-state index contributed by atoms with van der Waals surface area (Å²) in [5, 5.41) is 0. The number of ether oxygens (including phenoxy) is 3. The van der Waals surface area contributed by atoms with Crippen LogP contribution in [0.25, 0.3) is 0 Å². The average Bonchev–Trinajstić information content (AvgIpc) is 3.33. The van der Waals surface area contributed by atoms with Crippen molar-refractivity contribution in [3.8, 4) is 0 Å². The van der Waals surface area contributed by atoms with Crippen LogP contribution in [0.4, 0.5) is 0 Å². The summed E-state index contributed by atoms with van der Waals surface area (Å²) in [6, 6.07) is 0. The predicted molar refractivity (Wildman–Crippen MR) is 288 cm³/mol. The maximum atomic E-state index is 12.7. The molecule has 0 rings (SSSR count). The summed E-state index contributed by atoms with van der Waals surface area (Å²) in [5.41, 5.74) is 0. The SMILES string of the molecule is CC/C=C\C/C=C\C/C=C\C/C=C\C/C=C\C/C=C\CCCCCCC(=O)OCC(COC(=O)CC/C=C\C/C=C\C/C=C\C/C=C\CC)OC(=O)CC/C=C\C/C=C\C/C=C\C/C=C\CC. The molecule has 0 saturated carbocycles. The number of carbonyl (C=O) groups excluding carboxylic acids is 3. The first-order valence-electron chi connectivity index (χ1n) is 25.6. The van der Waals surface area contributed by atoms with E-state index in [4.69, 9.17) is 14.2 Å². The van der Waals surface area contributed by atoms with Crippen LogP contribution in [-0.2, 0) is 28.6 Å². The molecular formula is C61H90O6. The highest BCUT2D eigenvalue weighted by Gasteiger charge is 2.19. The van der Waals surface area contributed by atoms with E-state index < -0.39 is 18.0 Å². The highest BCUT2D eigenvalue weighted by Crippen LogP contribution is 2.10. The van der Waals surface area contributed by atoms with Crippen LogP contribution in [0.15, 0.2) is 170 Å². The van der Waals surface area contributed by atoms with Crippen LogP contribution in [0, 0.1) is 0 Å². The van der Waals surface area contributed by atoms with Gasteiger partial charge < -0.3 is 14.2 Å². The third-order valence-electron chi connectivity index (χ3n) is 9.72. The lowest BCUT2D eigenvalue weighted by Crippen LogP contribution is -2.30. The molecule has 0 aliphatic heterocycles. The van der Waals surface area contributed by atoms with Crippen LogP contribution in [0.5, 0.6) is 0 Å². The number of hydrogen-bond donors (Lipinski definition) is 0. The summed E-state index contributed by atoms with van der Waals surface area (Å²) < 4.78 is 16.6. The van der Waals surface area contributed by atoms with Gasteiger partial charge in [0.05, 0.1) is 0 Å². The molecule has 0 aromatic heterocycles. The van der Waals surface area contributed by atoms with Gasteiger partial charge in [-0.15, -0.1) is 0 Å². The molecule has 6 nitrogen and oxygen atoms in total. The van der Waals surface area contributed by atoms with Gasteiger partial charge in [0.1, 0.15) is 13.2 Å². The van der Waals surface area contributed by atoms with E-state index in [0.29, 0.717) is 19.3 Å². The van der Waals surface area contributed by atoms with Crippen LogP contribution in [0.3, 0.4) is 0 Å². The standard InChI is InChI=1S/C61H90O6/c1-4-7-10-13-16-19-22-25-26-27-28-29-30-31-32-33-34-37-39-42-45-48-51-54-60(63)66-57-58(67-61(64)55-52-49-46-43-40-36-24-21-18-15-12-9-6-3)56-65-59(62)53-50-47-44-41-38-35-23-20-17-14-11-8-5-2/h7-12,16-21,25-26,28-29,31-32,34-38,40,44,46-47,49,58H,4-6,13-15,22-24,27,30,33,39,41-43,45,48,50-57H2,1-3H3/b10-7-,11-8-,12-9-,19-16-,20-17-,21-18-,26-25-,29-28-,32-31-,37-34-,38-35-,40-36-,47-44-,49-46-. The Morgan fingerprint density at radius 1 is 0.299 bits per heavy atom. The molecule has 0 heterocycles. The fraction of sp³-hybridized carbons (Fsp3) is 0.492. The van der Waals surface area contributed by atoms with Crippen LogP contribution < -0.4 is 0 Å². The number of allylic oxidation sites excluding steroid dienone is 28. The van der Waals surface area contributed by atoms with Gasteiger partial charge in [0.15, 0.2) is 6.10 Å². The largest absolute Gasteiger partial charge is 0.462 e. The molecule has 0 spiro atoms. The van der Waals surface area contributed by atoms with Crippen LogP contribution in [0.1, 0.15) is 175 Å². The molecule has 0 fully saturated rings. The Labute approximate surface area is 409 Å². The normalized spacial score (nSPS) is 13.5. The first kappa shape index (κ1) is 61.8. The van der Waals surface area contributed by atoms with Crippen molar-refractivity contribution in [1.29, 1.82) is 0 Å².